The van der Waals surface area contributed by atoms with Crippen LogP contribution in [0.3, 0.4) is 0 Å². The molecular formula is C18H34O2. The quantitative estimate of drug-likeness (QED) is 0.207. The van der Waals surface area contributed by atoms with Crippen LogP contribution in [-0.4, -0.2) is 19.5 Å². The lowest BCUT2D eigenvalue weighted by Crippen LogP contribution is -2.17. The molecule has 20 heavy (non-hydrogen) atoms. The van der Waals surface area contributed by atoms with Gasteiger partial charge < -0.3 is 9.47 Å². The van der Waals surface area contributed by atoms with Crippen LogP contribution in [0.5, 0.6) is 0 Å². The standard InChI is InChI=1S/C18H34O2/c1-4-7-8-9-10-11-12-13-14-15-18(19-16-5-2)20-17-6-3/h5-6,18H,2-4,7-17H2,1H3. The van der Waals surface area contributed by atoms with Gasteiger partial charge in [0.1, 0.15) is 0 Å². The first-order valence-corrected chi connectivity index (χ1v) is 8.30. The van der Waals surface area contributed by atoms with Gasteiger partial charge >= 0.3 is 0 Å². The van der Waals surface area contributed by atoms with E-state index in [1.165, 1.54) is 57.8 Å². The highest BCUT2D eigenvalue weighted by Gasteiger charge is 2.07. The van der Waals surface area contributed by atoms with Crippen LogP contribution in [0.2, 0.25) is 0 Å². The Labute approximate surface area is 126 Å². The van der Waals surface area contributed by atoms with Gasteiger partial charge in [-0.25, -0.2) is 0 Å². The van der Waals surface area contributed by atoms with Crippen molar-refractivity contribution in [3.8, 4) is 0 Å². The van der Waals surface area contributed by atoms with Crippen molar-refractivity contribution in [3.05, 3.63) is 25.3 Å². The van der Waals surface area contributed by atoms with Gasteiger partial charge in [0.05, 0.1) is 13.2 Å². The maximum absolute atomic E-state index is 5.58. The molecule has 0 radical (unpaired) electrons. The molecule has 0 unspecified atom stereocenters. The predicted molar refractivity (Wildman–Crippen MR) is 87.9 cm³/mol. The van der Waals surface area contributed by atoms with E-state index in [-0.39, 0.29) is 6.29 Å². The van der Waals surface area contributed by atoms with Crippen LogP contribution < -0.4 is 0 Å². The molecule has 0 saturated carbocycles. The van der Waals surface area contributed by atoms with Crippen LogP contribution in [0.4, 0.5) is 0 Å². The van der Waals surface area contributed by atoms with Crippen LogP contribution in [-0.2, 0) is 9.47 Å². The fraction of sp³-hybridized carbons (Fsp3) is 0.778. The van der Waals surface area contributed by atoms with Gasteiger partial charge in [-0.05, 0) is 12.8 Å². The van der Waals surface area contributed by atoms with Gasteiger partial charge in [-0.2, -0.15) is 0 Å². The van der Waals surface area contributed by atoms with E-state index in [2.05, 4.69) is 20.1 Å². The third-order valence-corrected chi connectivity index (χ3v) is 3.34. The molecule has 0 saturated heterocycles. The van der Waals surface area contributed by atoms with Crippen molar-refractivity contribution in [1.82, 2.24) is 0 Å². The molecule has 0 aliphatic carbocycles. The summed E-state index contributed by atoms with van der Waals surface area (Å²) in [6.07, 6.45) is 16.5. The Morgan fingerprint density at radius 1 is 0.750 bits per heavy atom. The van der Waals surface area contributed by atoms with Crippen molar-refractivity contribution in [2.75, 3.05) is 13.2 Å². The number of ether oxygens (including phenoxy) is 2. The second-order valence-corrected chi connectivity index (χ2v) is 5.29. The molecule has 0 bridgehead atoms. The lowest BCUT2D eigenvalue weighted by molar-refractivity contribution is -0.131. The molecule has 0 aliphatic heterocycles. The Hall–Kier alpha value is -0.600. The summed E-state index contributed by atoms with van der Waals surface area (Å²) in [6, 6.07) is 0. The molecule has 0 fully saturated rings. The zero-order valence-corrected chi connectivity index (χ0v) is 13.4. The van der Waals surface area contributed by atoms with Crippen molar-refractivity contribution in [2.45, 2.75) is 77.4 Å². The Morgan fingerprint density at radius 3 is 1.65 bits per heavy atom. The van der Waals surface area contributed by atoms with E-state index >= 15 is 0 Å². The molecule has 0 atom stereocenters. The normalized spacial score (nSPS) is 10.9. The average Bonchev–Trinajstić information content (AvgIpc) is 2.47. The van der Waals surface area contributed by atoms with E-state index < -0.39 is 0 Å². The average molecular weight is 282 g/mol. The minimum atomic E-state index is -0.101. The minimum Gasteiger partial charge on any atom is -0.349 e. The van der Waals surface area contributed by atoms with Crippen molar-refractivity contribution in [3.63, 3.8) is 0 Å². The molecule has 0 N–H and O–H groups in total. The fourth-order valence-electron chi connectivity index (χ4n) is 2.19. The van der Waals surface area contributed by atoms with Crippen LogP contribution in [0, 0.1) is 0 Å². The molecule has 0 amide bonds. The summed E-state index contributed by atoms with van der Waals surface area (Å²) in [5.74, 6) is 0. The number of hydrogen-bond donors (Lipinski definition) is 0. The molecular weight excluding hydrogens is 248 g/mol. The van der Waals surface area contributed by atoms with E-state index in [0.29, 0.717) is 13.2 Å². The molecule has 2 nitrogen and oxygen atoms in total. The van der Waals surface area contributed by atoms with Crippen molar-refractivity contribution in [2.24, 2.45) is 0 Å². The number of hydrogen-bond acceptors (Lipinski definition) is 2. The summed E-state index contributed by atoms with van der Waals surface area (Å²) >= 11 is 0. The third kappa shape index (κ3) is 13.8. The molecule has 0 aliphatic rings. The van der Waals surface area contributed by atoms with Crippen LogP contribution in [0.1, 0.15) is 71.1 Å². The summed E-state index contributed by atoms with van der Waals surface area (Å²) in [7, 11) is 0. The summed E-state index contributed by atoms with van der Waals surface area (Å²) in [6.45, 7) is 10.7. The molecule has 2 heteroatoms. The smallest absolute Gasteiger partial charge is 0.158 e. The first-order valence-electron chi connectivity index (χ1n) is 8.30. The fourth-order valence-corrected chi connectivity index (χ4v) is 2.19. The molecule has 118 valence electrons. The topological polar surface area (TPSA) is 18.5 Å². The molecule has 0 aromatic rings. The second-order valence-electron chi connectivity index (χ2n) is 5.29. The molecule has 0 rings (SSSR count). The van der Waals surface area contributed by atoms with Gasteiger partial charge in [-0.3, -0.25) is 0 Å². The molecule has 0 heterocycles. The number of unbranched alkanes of at least 4 members (excludes halogenated alkanes) is 8. The second kappa shape index (κ2) is 16.5. The summed E-state index contributed by atoms with van der Waals surface area (Å²) in [5, 5.41) is 0. The third-order valence-electron chi connectivity index (χ3n) is 3.34. The van der Waals surface area contributed by atoms with Crippen molar-refractivity contribution in [1.29, 1.82) is 0 Å². The monoisotopic (exact) mass is 282 g/mol. The van der Waals surface area contributed by atoms with Gasteiger partial charge in [0, 0.05) is 0 Å². The Kier molecular flexibility index (Phi) is 16.0. The van der Waals surface area contributed by atoms with E-state index in [9.17, 15) is 0 Å². The van der Waals surface area contributed by atoms with Crippen LogP contribution in [0.25, 0.3) is 0 Å². The first kappa shape index (κ1) is 19.4. The highest BCUT2D eigenvalue weighted by molar-refractivity contribution is 4.67. The molecule has 0 aromatic carbocycles. The largest absolute Gasteiger partial charge is 0.349 e. The van der Waals surface area contributed by atoms with E-state index in [4.69, 9.17) is 9.47 Å². The van der Waals surface area contributed by atoms with Gasteiger partial charge in [-0.15, -0.1) is 13.2 Å². The minimum absolute atomic E-state index is 0.101. The van der Waals surface area contributed by atoms with E-state index in [1.807, 2.05) is 0 Å². The van der Waals surface area contributed by atoms with Crippen LogP contribution >= 0.6 is 0 Å². The van der Waals surface area contributed by atoms with Crippen molar-refractivity contribution < 1.29 is 9.47 Å². The maximum Gasteiger partial charge on any atom is 0.158 e. The van der Waals surface area contributed by atoms with Gasteiger partial charge in [0.25, 0.3) is 0 Å². The lowest BCUT2D eigenvalue weighted by Gasteiger charge is -2.16. The number of rotatable bonds is 16. The summed E-state index contributed by atoms with van der Waals surface area (Å²) in [5.41, 5.74) is 0. The van der Waals surface area contributed by atoms with Crippen molar-refractivity contribution >= 4 is 0 Å². The van der Waals surface area contributed by atoms with E-state index in [0.717, 1.165) is 6.42 Å². The van der Waals surface area contributed by atoms with Gasteiger partial charge in [-0.1, -0.05) is 70.4 Å². The Balaban J connectivity index is 3.42. The van der Waals surface area contributed by atoms with Gasteiger partial charge in [0.15, 0.2) is 6.29 Å². The molecule has 0 aromatic heterocycles. The highest BCUT2D eigenvalue weighted by Crippen LogP contribution is 2.13. The summed E-state index contributed by atoms with van der Waals surface area (Å²) < 4.78 is 11.2. The zero-order valence-electron chi connectivity index (χ0n) is 13.4. The van der Waals surface area contributed by atoms with Crippen LogP contribution in [0.15, 0.2) is 25.3 Å². The Bertz CT molecular complexity index is 201. The molecule has 0 spiro atoms. The first-order chi connectivity index (χ1) is 9.85. The zero-order chi connectivity index (χ0) is 14.9. The maximum atomic E-state index is 5.58. The summed E-state index contributed by atoms with van der Waals surface area (Å²) in [4.78, 5) is 0. The lowest BCUT2D eigenvalue weighted by atomic mass is 10.1. The Morgan fingerprint density at radius 2 is 1.20 bits per heavy atom. The SMILES string of the molecule is C=CCOC(CCCCCCCCCCC)OCC=C. The predicted octanol–water partition coefficient (Wildman–Crippen LogP) is 5.64. The highest BCUT2D eigenvalue weighted by atomic mass is 16.7. The van der Waals surface area contributed by atoms with E-state index in [1.54, 1.807) is 12.2 Å². The van der Waals surface area contributed by atoms with Gasteiger partial charge in [0.2, 0.25) is 0 Å².